The van der Waals surface area contributed by atoms with Crippen molar-refractivity contribution >= 4 is 17.5 Å². The van der Waals surface area contributed by atoms with Crippen LogP contribution in [-0.4, -0.2) is 23.5 Å². The first-order chi connectivity index (χ1) is 14.0. The van der Waals surface area contributed by atoms with Gasteiger partial charge in [-0.25, -0.2) is 4.79 Å². The summed E-state index contributed by atoms with van der Waals surface area (Å²) in [5, 5.41) is 20.3. The van der Waals surface area contributed by atoms with Gasteiger partial charge in [0.1, 0.15) is 11.6 Å². The van der Waals surface area contributed by atoms with E-state index < -0.39 is 12.0 Å². The molecular formula is C23H23N3O3. The zero-order valence-electron chi connectivity index (χ0n) is 16.1. The van der Waals surface area contributed by atoms with Crippen LogP contribution >= 0.6 is 0 Å². The maximum atomic E-state index is 11.9. The fourth-order valence-electron chi connectivity index (χ4n) is 3.05. The van der Waals surface area contributed by atoms with Crippen molar-refractivity contribution in [2.75, 3.05) is 11.9 Å². The number of carboxylic acids is 1. The predicted molar refractivity (Wildman–Crippen MR) is 115 cm³/mol. The van der Waals surface area contributed by atoms with E-state index in [-0.39, 0.29) is 5.84 Å². The summed E-state index contributed by atoms with van der Waals surface area (Å²) in [6.45, 7) is 2.37. The molecule has 1 atom stereocenters. The predicted octanol–water partition coefficient (Wildman–Crippen LogP) is 4.27. The molecule has 0 saturated heterocycles. The summed E-state index contributed by atoms with van der Waals surface area (Å²) < 4.78 is 5.80. The topological polar surface area (TPSA) is 108 Å². The normalized spacial score (nSPS) is 11.5. The minimum atomic E-state index is -1.00. The molecule has 3 aromatic rings. The molecule has 0 aliphatic rings. The zero-order valence-corrected chi connectivity index (χ0v) is 16.1. The monoisotopic (exact) mass is 389 g/mol. The summed E-state index contributed by atoms with van der Waals surface area (Å²) in [4.78, 5) is 11.9. The second-order valence-electron chi connectivity index (χ2n) is 6.46. The summed E-state index contributed by atoms with van der Waals surface area (Å²) in [7, 11) is 0. The minimum Gasteiger partial charge on any atom is -0.493 e. The molecule has 0 aliphatic carbocycles. The fraction of sp³-hybridized carbons (Fsp3) is 0.130. The van der Waals surface area contributed by atoms with Crippen molar-refractivity contribution < 1.29 is 14.6 Å². The molecule has 0 bridgehead atoms. The maximum Gasteiger partial charge on any atom is 0.330 e. The Hall–Kier alpha value is -3.80. The van der Waals surface area contributed by atoms with Crippen LogP contribution in [0.2, 0.25) is 0 Å². The Morgan fingerprint density at radius 2 is 1.79 bits per heavy atom. The van der Waals surface area contributed by atoms with Crippen LogP contribution in [0.4, 0.5) is 5.69 Å². The van der Waals surface area contributed by atoms with Crippen molar-refractivity contribution in [3.8, 4) is 16.9 Å². The number of hydrogen-bond donors (Lipinski definition) is 4. The summed E-state index contributed by atoms with van der Waals surface area (Å²) in [5.41, 5.74) is 9.15. The first-order valence-electron chi connectivity index (χ1n) is 9.25. The number of carbonyl (C=O) groups is 1. The van der Waals surface area contributed by atoms with Crippen LogP contribution in [0.15, 0.2) is 72.8 Å². The van der Waals surface area contributed by atoms with E-state index in [0.29, 0.717) is 29.2 Å². The van der Waals surface area contributed by atoms with E-state index in [1.165, 1.54) is 0 Å². The molecule has 0 aliphatic heterocycles. The number of aliphatic carboxylic acids is 1. The highest BCUT2D eigenvalue weighted by atomic mass is 16.5. The third-order valence-electron chi connectivity index (χ3n) is 4.48. The molecule has 1 unspecified atom stereocenters. The van der Waals surface area contributed by atoms with Gasteiger partial charge in [-0.2, -0.15) is 0 Å². The molecule has 6 heteroatoms. The van der Waals surface area contributed by atoms with E-state index in [4.69, 9.17) is 15.9 Å². The van der Waals surface area contributed by atoms with Crippen LogP contribution in [0.5, 0.6) is 5.75 Å². The number of carboxylic acid groups (broad SMARTS) is 1. The van der Waals surface area contributed by atoms with Crippen molar-refractivity contribution in [2.24, 2.45) is 5.73 Å². The number of ether oxygens (including phenoxy) is 1. The highest BCUT2D eigenvalue weighted by Gasteiger charge is 2.21. The molecule has 0 amide bonds. The van der Waals surface area contributed by atoms with Crippen LogP contribution < -0.4 is 15.8 Å². The molecule has 0 heterocycles. The molecule has 0 fully saturated rings. The van der Waals surface area contributed by atoms with Gasteiger partial charge in [0.15, 0.2) is 6.04 Å². The number of anilines is 1. The first kappa shape index (κ1) is 19.9. The van der Waals surface area contributed by atoms with Crippen molar-refractivity contribution in [1.29, 1.82) is 5.41 Å². The standard InChI is InChI=1S/C23H23N3O3/c1-2-29-20-14-17(10-13-19(20)15-6-4-3-5-7-15)21(23(27)28)26-18-11-8-16(9-12-18)22(24)25/h3-14,21,26H,2H2,1H3,(H3,24,25)(H,27,28). The Morgan fingerprint density at radius 1 is 1.10 bits per heavy atom. The van der Waals surface area contributed by atoms with Crippen LogP contribution in [0.1, 0.15) is 24.1 Å². The number of rotatable bonds is 8. The lowest BCUT2D eigenvalue weighted by Crippen LogP contribution is -2.20. The summed E-state index contributed by atoms with van der Waals surface area (Å²) in [6.07, 6.45) is 0. The molecule has 148 valence electrons. The Bertz CT molecular complexity index is 1000. The highest BCUT2D eigenvalue weighted by Crippen LogP contribution is 2.33. The molecule has 3 aromatic carbocycles. The first-order valence-corrected chi connectivity index (χ1v) is 9.25. The van der Waals surface area contributed by atoms with Gasteiger partial charge >= 0.3 is 5.97 Å². The van der Waals surface area contributed by atoms with Crippen molar-refractivity contribution in [2.45, 2.75) is 13.0 Å². The van der Waals surface area contributed by atoms with Gasteiger partial charge in [-0.05, 0) is 48.4 Å². The fourth-order valence-corrected chi connectivity index (χ4v) is 3.05. The van der Waals surface area contributed by atoms with Gasteiger partial charge in [-0.3, -0.25) is 5.41 Å². The average molecular weight is 389 g/mol. The third-order valence-corrected chi connectivity index (χ3v) is 4.48. The van der Waals surface area contributed by atoms with Crippen molar-refractivity contribution in [1.82, 2.24) is 0 Å². The van der Waals surface area contributed by atoms with E-state index in [1.54, 1.807) is 36.4 Å². The maximum absolute atomic E-state index is 11.9. The molecule has 6 nitrogen and oxygen atoms in total. The molecule has 3 rings (SSSR count). The number of nitrogen functional groups attached to an aromatic ring is 1. The summed E-state index contributed by atoms with van der Waals surface area (Å²) >= 11 is 0. The van der Waals surface area contributed by atoms with E-state index in [1.807, 2.05) is 43.3 Å². The highest BCUT2D eigenvalue weighted by molar-refractivity contribution is 5.95. The van der Waals surface area contributed by atoms with Gasteiger partial charge in [0, 0.05) is 16.8 Å². The van der Waals surface area contributed by atoms with Crippen molar-refractivity contribution in [3.63, 3.8) is 0 Å². The lowest BCUT2D eigenvalue weighted by molar-refractivity contribution is -0.138. The van der Waals surface area contributed by atoms with Gasteiger partial charge in [-0.15, -0.1) is 0 Å². The van der Waals surface area contributed by atoms with Gasteiger partial charge < -0.3 is 20.9 Å². The van der Waals surface area contributed by atoms with Gasteiger partial charge in [0.05, 0.1) is 6.61 Å². The van der Waals surface area contributed by atoms with Crippen LogP contribution in [-0.2, 0) is 4.79 Å². The van der Waals surface area contributed by atoms with Crippen LogP contribution in [0.3, 0.4) is 0 Å². The Morgan fingerprint density at radius 3 is 2.38 bits per heavy atom. The SMILES string of the molecule is CCOc1cc(C(Nc2ccc(C(=N)N)cc2)C(=O)O)ccc1-c1ccccc1. The van der Waals surface area contributed by atoms with E-state index in [0.717, 1.165) is 11.1 Å². The second-order valence-corrected chi connectivity index (χ2v) is 6.46. The Labute approximate surface area is 169 Å². The second kappa shape index (κ2) is 8.93. The van der Waals surface area contributed by atoms with E-state index in [9.17, 15) is 9.90 Å². The van der Waals surface area contributed by atoms with E-state index in [2.05, 4.69) is 5.32 Å². The zero-order chi connectivity index (χ0) is 20.8. The Kier molecular flexibility index (Phi) is 6.14. The number of hydrogen-bond acceptors (Lipinski definition) is 4. The lowest BCUT2D eigenvalue weighted by Gasteiger charge is -2.19. The molecule has 29 heavy (non-hydrogen) atoms. The molecule has 0 spiro atoms. The summed E-state index contributed by atoms with van der Waals surface area (Å²) in [6, 6.07) is 21.1. The largest absolute Gasteiger partial charge is 0.493 e. The quantitative estimate of drug-likeness (QED) is 0.340. The van der Waals surface area contributed by atoms with E-state index >= 15 is 0 Å². The smallest absolute Gasteiger partial charge is 0.330 e. The lowest BCUT2D eigenvalue weighted by atomic mass is 9.99. The van der Waals surface area contributed by atoms with Gasteiger partial charge in [-0.1, -0.05) is 42.5 Å². The van der Waals surface area contributed by atoms with Crippen LogP contribution in [0.25, 0.3) is 11.1 Å². The number of nitrogens with one attached hydrogen (secondary N) is 2. The third kappa shape index (κ3) is 4.73. The molecule has 0 aromatic heterocycles. The Balaban J connectivity index is 1.93. The molecule has 0 radical (unpaired) electrons. The average Bonchev–Trinajstić information content (AvgIpc) is 2.73. The molecular weight excluding hydrogens is 366 g/mol. The number of amidine groups is 1. The molecule has 0 saturated carbocycles. The van der Waals surface area contributed by atoms with Gasteiger partial charge in [0.2, 0.25) is 0 Å². The summed E-state index contributed by atoms with van der Waals surface area (Å²) in [5.74, 6) is -0.407. The molecule has 5 N–H and O–H groups in total. The van der Waals surface area contributed by atoms with Gasteiger partial charge in [0.25, 0.3) is 0 Å². The minimum absolute atomic E-state index is 0.0378. The van der Waals surface area contributed by atoms with Crippen molar-refractivity contribution in [3.05, 3.63) is 83.9 Å². The van der Waals surface area contributed by atoms with Crippen LogP contribution in [0, 0.1) is 5.41 Å². The number of benzene rings is 3. The number of nitrogens with two attached hydrogens (primary N) is 1.